The topological polar surface area (TPSA) is 21.3 Å². The first-order valence-corrected chi connectivity index (χ1v) is 6.72. The molecule has 0 aliphatic heterocycles. The molecular formula is C16H23NO. The van der Waals surface area contributed by atoms with Crippen LogP contribution >= 0.6 is 0 Å². The molecule has 2 heteroatoms. The minimum absolute atomic E-state index is 0.354. The van der Waals surface area contributed by atoms with E-state index in [0.29, 0.717) is 19.1 Å². The maximum atomic E-state index is 5.76. The van der Waals surface area contributed by atoms with Gasteiger partial charge in [0.2, 0.25) is 0 Å². The zero-order chi connectivity index (χ0) is 13.2. The Balaban J connectivity index is 2.75. The van der Waals surface area contributed by atoms with Crippen LogP contribution in [0.2, 0.25) is 0 Å². The van der Waals surface area contributed by atoms with Gasteiger partial charge in [0.25, 0.3) is 0 Å². The molecule has 0 fully saturated rings. The Morgan fingerprint density at radius 2 is 2.11 bits per heavy atom. The predicted molar refractivity (Wildman–Crippen MR) is 76.7 cm³/mol. The summed E-state index contributed by atoms with van der Waals surface area (Å²) in [6.07, 6.45) is 8.07. The van der Waals surface area contributed by atoms with Crippen LogP contribution in [0.15, 0.2) is 24.3 Å². The second-order valence-corrected chi connectivity index (χ2v) is 4.26. The van der Waals surface area contributed by atoms with Crippen molar-refractivity contribution in [1.82, 2.24) is 5.32 Å². The van der Waals surface area contributed by atoms with Crippen molar-refractivity contribution in [3.05, 3.63) is 29.8 Å². The van der Waals surface area contributed by atoms with Gasteiger partial charge >= 0.3 is 0 Å². The van der Waals surface area contributed by atoms with Crippen molar-refractivity contribution in [2.75, 3.05) is 13.2 Å². The van der Waals surface area contributed by atoms with E-state index in [9.17, 15) is 0 Å². The Morgan fingerprint density at radius 3 is 2.78 bits per heavy atom. The summed E-state index contributed by atoms with van der Waals surface area (Å²) in [4.78, 5) is 0. The molecule has 2 nitrogen and oxygen atoms in total. The molecule has 0 bridgehead atoms. The van der Waals surface area contributed by atoms with Gasteiger partial charge in [0.15, 0.2) is 0 Å². The van der Waals surface area contributed by atoms with E-state index < -0.39 is 0 Å². The highest BCUT2D eigenvalue weighted by Crippen LogP contribution is 2.27. The molecule has 1 unspecified atom stereocenters. The zero-order valence-corrected chi connectivity index (χ0v) is 11.4. The fourth-order valence-corrected chi connectivity index (χ4v) is 1.91. The van der Waals surface area contributed by atoms with E-state index in [-0.39, 0.29) is 0 Å². The number of hydrogen-bond donors (Lipinski definition) is 1. The van der Waals surface area contributed by atoms with Gasteiger partial charge in [-0.05, 0) is 25.5 Å². The average molecular weight is 245 g/mol. The molecule has 1 N–H and O–H groups in total. The van der Waals surface area contributed by atoms with Crippen molar-refractivity contribution < 1.29 is 4.74 Å². The lowest BCUT2D eigenvalue weighted by molar-refractivity contribution is 0.318. The zero-order valence-electron chi connectivity index (χ0n) is 11.4. The van der Waals surface area contributed by atoms with Crippen LogP contribution in [0.3, 0.4) is 0 Å². The van der Waals surface area contributed by atoms with Crippen LogP contribution in [0.4, 0.5) is 0 Å². The van der Waals surface area contributed by atoms with Crippen molar-refractivity contribution in [1.29, 1.82) is 0 Å². The van der Waals surface area contributed by atoms with Gasteiger partial charge in [-0.2, -0.15) is 0 Å². The maximum absolute atomic E-state index is 5.76. The Bertz CT molecular complexity index is 381. The van der Waals surface area contributed by atoms with Gasteiger partial charge < -0.3 is 10.1 Å². The Labute approximate surface area is 111 Å². The van der Waals surface area contributed by atoms with E-state index in [4.69, 9.17) is 11.2 Å². The number of ether oxygens (including phenoxy) is 1. The number of benzene rings is 1. The summed E-state index contributed by atoms with van der Waals surface area (Å²) >= 11 is 0. The monoisotopic (exact) mass is 245 g/mol. The number of para-hydroxylation sites is 1. The SMILES string of the molecule is C#CCCOc1ccccc1C(CC)NCCC. The molecule has 1 atom stereocenters. The molecule has 0 amide bonds. The van der Waals surface area contributed by atoms with Gasteiger partial charge in [0, 0.05) is 18.0 Å². The van der Waals surface area contributed by atoms with E-state index in [2.05, 4.69) is 37.2 Å². The first-order chi connectivity index (χ1) is 8.83. The van der Waals surface area contributed by atoms with E-state index in [1.54, 1.807) is 0 Å². The molecule has 18 heavy (non-hydrogen) atoms. The lowest BCUT2D eigenvalue weighted by Gasteiger charge is -2.20. The molecule has 0 spiro atoms. The first-order valence-electron chi connectivity index (χ1n) is 6.72. The van der Waals surface area contributed by atoms with Crippen molar-refractivity contribution in [2.45, 2.75) is 39.2 Å². The first kappa shape index (κ1) is 14.6. The molecule has 0 aliphatic rings. The number of rotatable bonds is 8. The molecule has 1 aromatic carbocycles. The molecule has 0 aromatic heterocycles. The van der Waals surface area contributed by atoms with Crippen LogP contribution in [0.1, 0.15) is 44.7 Å². The van der Waals surface area contributed by atoms with Crippen LogP contribution in [0.5, 0.6) is 5.75 Å². The summed E-state index contributed by atoms with van der Waals surface area (Å²) in [6, 6.07) is 8.55. The van der Waals surface area contributed by atoms with Crippen LogP contribution in [-0.2, 0) is 0 Å². The quantitative estimate of drug-likeness (QED) is 0.559. The molecule has 0 radical (unpaired) electrons. The third-order valence-corrected chi connectivity index (χ3v) is 2.85. The summed E-state index contributed by atoms with van der Waals surface area (Å²) in [5.41, 5.74) is 1.23. The Hall–Kier alpha value is -1.46. The van der Waals surface area contributed by atoms with Crippen molar-refractivity contribution in [3.8, 4) is 18.1 Å². The summed E-state index contributed by atoms with van der Waals surface area (Å²) in [6.45, 7) is 5.97. The largest absolute Gasteiger partial charge is 0.492 e. The van der Waals surface area contributed by atoms with Gasteiger partial charge in [-0.25, -0.2) is 0 Å². The third kappa shape index (κ3) is 4.43. The van der Waals surface area contributed by atoms with Crippen LogP contribution in [0, 0.1) is 12.3 Å². The summed E-state index contributed by atoms with van der Waals surface area (Å²) < 4.78 is 5.76. The van der Waals surface area contributed by atoms with E-state index >= 15 is 0 Å². The molecule has 0 saturated carbocycles. The average Bonchev–Trinajstić information content (AvgIpc) is 2.41. The van der Waals surface area contributed by atoms with Crippen LogP contribution in [-0.4, -0.2) is 13.2 Å². The minimum Gasteiger partial charge on any atom is -0.492 e. The van der Waals surface area contributed by atoms with E-state index in [1.165, 1.54) is 5.56 Å². The molecule has 0 heterocycles. The van der Waals surface area contributed by atoms with Gasteiger partial charge in [-0.1, -0.05) is 32.0 Å². The van der Waals surface area contributed by atoms with Crippen LogP contribution in [0.25, 0.3) is 0 Å². The summed E-state index contributed by atoms with van der Waals surface area (Å²) in [5.74, 6) is 3.54. The van der Waals surface area contributed by atoms with Gasteiger partial charge in [-0.3, -0.25) is 0 Å². The Kier molecular flexibility index (Phi) is 6.98. The van der Waals surface area contributed by atoms with Gasteiger partial charge in [0.05, 0.1) is 6.61 Å². The molecule has 1 rings (SSSR count). The smallest absolute Gasteiger partial charge is 0.124 e. The standard InChI is InChI=1S/C16H23NO/c1-4-7-13-18-16-11-9-8-10-14(16)15(6-3)17-12-5-2/h1,8-11,15,17H,5-7,12-13H2,2-3H3. The number of terminal acetylenes is 1. The minimum atomic E-state index is 0.354. The molecule has 1 aromatic rings. The number of hydrogen-bond acceptors (Lipinski definition) is 2. The normalized spacial score (nSPS) is 11.8. The lowest BCUT2D eigenvalue weighted by Crippen LogP contribution is -2.22. The highest BCUT2D eigenvalue weighted by Gasteiger charge is 2.13. The van der Waals surface area contributed by atoms with Crippen molar-refractivity contribution in [3.63, 3.8) is 0 Å². The van der Waals surface area contributed by atoms with Crippen molar-refractivity contribution >= 4 is 0 Å². The summed E-state index contributed by atoms with van der Waals surface area (Å²) in [5, 5.41) is 3.55. The van der Waals surface area contributed by atoms with E-state index in [0.717, 1.165) is 25.1 Å². The second kappa shape index (κ2) is 8.60. The molecule has 0 aliphatic carbocycles. The van der Waals surface area contributed by atoms with Crippen molar-refractivity contribution in [2.24, 2.45) is 0 Å². The fourth-order valence-electron chi connectivity index (χ4n) is 1.91. The van der Waals surface area contributed by atoms with Crippen LogP contribution < -0.4 is 10.1 Å². The third-order valence-electron chi connectivity index (χ3n) is 2.85. The summed E-state index contributed by atoms with van der Waals surface area (Å²) in [7, 11) is 0. The highest BCUT2D eigenvalue weighted by atomic mass is 16.5. The maximum Gasteiger partial charge on any atom is 0.124 e. The second-order valence-electron chi connectivity index (χ2n) is 4.26. The molecule has 0 saturated heterocycles. The molecular weight excluding hydrogens is 222 g/mol. The Morgan fingerprint density at radius 1 is 1.33 bits per heavy atom. The lowest BCUT2D eigenvalue weighted by atomic mass is 10.0. The van der Waals surface area contributed by atoms with E-state index in [1.807, 2.05) is 12.1 Å². The highest BCUT2D eigenvalue weighted by molar-refractivity contribution is 5.36. The number of nitrogens with one attached hydrogen (secondary N) is 1. The van der Waals surface area contributed by atoms with Gasteiger partial charge in [0.1, 0.15) is 5.75 Å². The fraction of sp³-hybridized carbons (Fsp3) is 0.500. The van der Waals surface area contributed by atoms with Gasteiger partial charge in [-0.15, -0.1) is 12.3 Å². The predicted octanol–water partition coefficient (Wildman–Crippen LogP) is 3.54. The molecule has 98 valence electrons.